The number of hydrogen-bond acceptors (Lipinski definition) is 4. The highest BCUT2D eigenvalue weighted by Gasteiger charge is 2.19. The Morgan fingerprint density at radius 1 is 1.19 bits per heavy atom. The maximum absolute atomic E-state index is 11.9. The van der Waals surface area contributed by atoms with E-state index in [0.29, 0.717) is 13.2 Å². The Bertz CT molecular complexity index is 601. The Kier molecular flexibility index (Phi) is 9.38. The molecule has 1 aromatic carbocycles. The van der Waals surface area contributed by atoms with Crippen LogP contribution in [0.15, 0.2) is 29.3 Å². The van der Waals surface area contributed by atoms with Crippen LogP contribution in [0, 0.1) is 0 Å². The minimum Gasteiger partial charge on any atom is -0.383 e. The van der Waals surface area contributed by atoms with E-state index in [9.17, 15) is 4.79 Å². The molecule has 0 atom stereocenters. The summed E-state index contributed by atoms with van der Waals surface area (Å²) in [5, 5.41) is 6.84. The van der Waals surface area contributed by atoms with Crippen molar-refractivity contribution in [3.05, 3.63) is 34.9 Å². The molecule has 0 aliphatic carbocycles. The van der Waals surface area contributed by atoms with Crippen molar-refractivity contribution in [1.29, 1.82) is 0 Å². The van der Waals surface area contributed by atoms with Gasteiger partial charge in [-0.1, -0.05) is 23.7 Å². The number of ether oxygens (including phenoxy) is 1. The van der Waals surface area contributed by atoms with Gasteiger partial charge < -0.3 is 20.3 Å². The third kappa shape index (κ3) is 7.74. The van der Waals surface area contributed by atoms with Crippen LogP contribution in [0.2, 0.25) is 5.02 Å². The standard InChI is InChI=1S/C19H30ClN5O2/c1-3-21-19(23-14-18(26)22-8-13-27-2)25-11-9-24(10-12-25)15-16-4-6-17(20)7-5-16/h4-7H,3,8-15H2,1-2H3,(H,21,23)(H,22,26). The van der Waals surface area contributed by atoms with Crippen LogP contribution in [0.25, 0.3) is 0 Å². The zero-order valence-electron chi connectivity index (χ0n) is 16.2. The third-order valence-corrected chi connectivity index (χ3v) is 4.58. The van der Waals surface area contributed by atoms with E-state index in [1.165, 1.54) is 5.56 Å². The number of piperazine rings is 1. The van der Waals surface area contributed by atoms with Crippen molar-refractivity contribution >= 4 is 23.5 Å². The molecule has 1 fully saturated rings. The fraction of sp³-hybridized carbons (Fsp3) is 0.579. The predicted octanol–water partition coefficient (Wildman–Crippen LogP) is 1.19. The van der Waals surface area contributed by atoms with E-state index in [2.05, 4.69) is 37.6 Å². The lowest BCUT2D eigenvalue weighted by molar-refractivity contribution is -0.119. The molecule has 27 heavy (non-hydrogen) atoms. The van der Waals surface area contributed by atoms with Crippen molar-refractivity contribution in [3.8, 4) is 0 Å². The van der Waals surface area contributed by atoms with Crippen LogP contribution in [0.1, 0.15) is 12.5 Å². The van der Waals surface area contributed by atoms with E-state index >= 15 is 0 Å². The van der Waals surface area contributed by atoms with Gasteiger partial charge in [0.25, 0.3) is 0 Å². The molecule has 0 saturated carbocycles. The molecule has 0 radical (unpaired) electrons. The maximum Gasteiger partial charge on any atom is 0.241 e. The summed E-state index contributed by atoms with van der Waals surface area (Å²) in [5.41, 5.74) is 1.26. The molecule has 2 N–H and O–H groups in total. The van der Waals surface area contributed by atoms with Gasteiger partial charge in [0.05, 0.1) is 6.61 Å². The smallest absolute Gasteiger partial charge is 0.241 e. The Morgan fingerprint density at radius 3 is 2.52 bits per heavy atom. The Morgan fingerprint density at radius 2 is 1.89 bits per heavy atom. The molecule has 150 valence electrons. The average Bonchev–Trinajstić information content (AvgIpc) is 2.68. The molecule has 0 aromatic heterocycles. The molecule has 1 heterocycles. The van der Waals surface area contributed by atoms with Crippen LogP contribution in [-0.2, 0) is 16.1 Å². The summed E-state index contributed by atoms with van der Waals surface area (Å²) in [5.74, 6) is 0.703. The number of guanidine groups is 1. The monoisotopic (exact) mass is 395 g/mol. The predicted molar refractivity (Wildman–Crippen MR) is 109 cm³/mol. The van der Waals surface area contributed by atoms with Gasteiger partial charge in [0.15, 0.2) is 5.96 Å². The van der Waals surface area contributed by atoms with Crippen molar-refractivity contribution in [1.82, 2.24) is 20.4 Å². The SMILES string of the molecule is CCNC(=NCC(=O)NCCOC)N1CCN(Cc2ccc(Cl)cc2)CC1. The molecule has 2 rings (SSSR count). The van der Waals surface area contributed by atoms with Crippen LogP contribution >= 0.6 is 11.6 Å². The zero-order valence-corrected chi connectivity index (χ0v) is 17.0. The molecule has 8 heteroatoms. The van der Waals surface area contributed by atoms with E-state index < -0.39 is 0 Å². The molecule has 1 aromatic rings. The Labute approximate surface area is 166 Å². The highest BCUT2D eigenvalue weighted by Crippen LogP contribution is 2.13. The quantitative estimate of drug-likeness (QED) is 0.393. The number of hydrogen-bond donors (Lipinski definition) is 2. The van der Waals surface area contributed by atoms with Crippen molar-refractivity contribution in [2.24, 2.45) is 4.99 Å². The van der Waals surface area contributed by atoms with Gasteiger partial charge in [-0.05, 0) is 24.6 Å². The summed E-state index contributed by atoms with van der Waals surface area (Å²) in [6, 6.07) is 8.01. The van der Waals surface area contributed by atoms with Crippen molar-refractivity contribution < 1.29 is 9.53 Å². The molecule has 1 saturated heterocycles. The number of amides is 1. The first kappa shape index (κ1) is 21.5. The van der Waals surface area contributed by atoms with E-state index in [1.807, 2.05) is 19.1 Å². The minimum atomic E-state index is -0.0937. The van der Waals surface area contributed by atoms with Gasteiger partial charge in [-0.15, -0.1) is 0 Å². The van der Waals surface area contributed by atoms with Gasteiger partial charge in [0.1, 0.15) is 6.54 Å². The van der Waals surface area contributed by atoms with Crippen LogP contribution in [0.4, 0.5) is 0 Å². The molecule has 1 aliphatic heterocycles. The van der Waals surface area contributed by atoms with E-state index in [4.69, 9.17) is 16.3 Å². The van der Waals surface area contributed by atoms with Crippen LogP contribution in [-0.4, -0.2) is 81.2 Å². The number of methoxy groups -OCH3 is 1. The normalized spacial score (nSPS) is 15.7. The number of benzene rings is 1. The van der Waals surface area contributed by atoms with Crippen molar-refractivity contribution in [3.63, 3.8) is 0 Å². The summed E-state index contributed by atoms with van der Waals surface area (Å²) >= 11 is 5.95. The van der Waals surface area contributed by atoms with Crippen LogP contribution in [0.5, 0.6) is 0 Å². The van der Waals surface area contributed by atoms with Crippen molar-refractivity contribution in [2.45, 2.75) is 13.5 Å². The fourth-order valence-electron chi connectivity index (χ4n) is 2.89. The molecule has 0 bridgehead atoms. The number of halogens is 1. The lowest BCUT2D eigenvalue weighted by Gasteiger charge is -2.36. The number of aliphatic imine (C=N–C) groups is 1. The van der Waals surface area contributed by atoms with Gasteiger partial charge in [-0.2, -0.15) is 0 Å². The lowest BCUT2D eigenvalue weighted by atomic mass is 10.2. The zero-order chi connectivity index (χ0) is 19.5. The number of nitrogens with zero attached hydrogens (tertiary/aromatic N) is 3. The van der Waals surface area contributed by atoms with Gasteiger partial charge in [0.2, 0.25) is 5.91 Å². The fourth-order valence-corrected chi connectivity index (χ4v) is 3.01. The molecule has 1 aliphatic rings. The Hall–Kier alpha value is -1.83. The van der Waals surface area contributed by atoms with Crippen molar-refractivity contribution in [2.75, 3.05) is 59.5 Å². The average molecular weight is 396 g/mol. The van der Waals surface area contributed by atoms with Gasteiger partial charge in [0, 0.05) is 57.9 Å². The summed E-state index contributed by atoms with van der Waals surface area (Å²) in [4.78, 5) is 21.0. The topological polar surface area (TPSA) is 69.2 Å². The first-order chi connectivity index (χ1) is 13.1. The molecule has 0 unspecified atom stereocenters. The molecule has 0 spiro atoms. The molecular weight excluding hydrogens is 366 g/mol. The number of carbonyl (C=O) groups is 1. The first-order valence-electron chi connectivity index (χ1n) is 9.38. The Balaban J connectivity index is 1.81. The van der Waals surface area contributed by atoms with E-state index in [-0.39, 0.29) is 12.5 Å². The molecule has 7 nitrogen and oxygen atoms in total. The van der Waals surface area contributed by atoms with E-state index in [1.54, 1.807) is 7.11 Å². The third-order valence-electron chi connectivity index (χ3n) is 4.33. The summed E-state index contributed by atoms with van der Waals surface area (Å²) in [7, 11) is 1.61. The van der Waals surface area contributed by atoms with Gasteiger partial charge in [-0.25, -0.2) is 4.99 Å². The lowest BCUT2D eigenvalue weighted by Crippen LogP contribution is -2.52. The summed E-state index contributed by atoms with van der Waals surface area (Å²) in [6.45, 7) is 8.52. The van der Waals surface area contributed by atoms with Gasteiger partial charge in [-0.3, -0.25) is 9.69 Å². The second-order valence-electron chi connectivity index (χ2n) is 6.40. The highest BCUT2D eigenvalue weighted by atomic mass is 35.5. The first-order valence-corrected chi connectivity index (χ1v) is 9.76. The van der Waals surface area contributed by atoms with Crippen LogP contribution < -0.4 is 10.6 Å². The van der Waals surface area contributed by atoms with Crippen LogP contribution in [0.3, 0.4) is 0 Å². The summed E-state index contributed by atoms with van der Waals surface area (Å²) in [6.07, 6.45) is 0. The number of carbonyl (C=O) groups excluding carboxylic acids is 1. The molecule has 1 amide bonds. The summed E-state index contributed by atoms with van der Waals surface area (Å²) < 4.78 is 4.93. The highest BCUT2D eigenvalue weighted by molar-refractivity contribution is 6.30. The minimum absolute atomic E-state index is 0.0937. The molecular formula is C19H30ClN5O2. The van der Waals surface area contributed by atoms with E-state index in [0.717, 1.165) is 50.3 Å². The number of rotatable bonds is 8. The second-order valence-corrected chi connectivity index (χ2v) is 6.84. The second kappa shape index (κ2) is 11.8. The number of nitrogens with one attached hydrogen (secondary N) is 2. The van der Waals surface area contributed by atoms with Gasteiger partial charge >= 0.3 is 0 Å². The largest absolute Gasteiger partial charge is 0.383 e. The maximum atomic E-state index is 11.9.